The van der Waals surface area contributed by atoms with Crippen LogP contribution in [0.15, 0.2) is 36.7 Å². The largest absolute Gasteiger partial charge is 0.362 e. The quantitative estimate of drug-likeness (QED) is 0.697. The maximum Gasteiger partial charge on any atom is 0.150 e. The van der Waals surface area contributed by atoms with Gasteiger partial charge >= 0.3 is 0 Å². The van der Waals surface area contributed by atoms with Gasteiger partial charge in [-0.05, 0) is 5.56 Å². The van der Waals surface area contributed by atoms with Gasteiger partial charge in [0.15, 0.2) is 0 Å². The Kier molecular flexibility index (Phi) is 2.72. The van der Waals surface area contributed by atoms with Crippen molar-refractivity contribution in [2.45, 2.75) is 6.54 Å². The standard InChI is InChI=1S/C12H14N2O/c1-13-6-7-14(10-13)8-11-2-4-12(9-15)5-3-11/h2-7,9H,8,10H2,1H3. The summed E-state index contributed by atoms with van der Waals surface area (Å²) in [5, 5.41) is 0. The number of hydrogen-bond acceptors (Lipinski definition) is 3. The van der Waals surface area contributed by atoms with Crippen molar-refractivity contribution >= 4 is 6.29 Å². The van der Waals surface area contributed by atoms with Crippen LogP contribution in [0.5, 0.6) is 0 Å². The zero-order valence-corrected chi connectivity index (χ0v) is 8.76. The number of hydrogen-bond donors (Lipinski definition) is 0. The van der Waals surface area contributed by atoms with E-state index in [4.69, 9.17) is 0 Å². The van der Waals surface area contributed by atoms with Crippen LogP contribution < -0.4 is 0 Å². The predicted octanol–water partition coefficient (Wildman–Crippen LogP) is 1.68. The van der Waals surface area contributed by atoms with Gasteiger partial charge in [0.05, 0.1) is 6.67 Å². The lowest BCUT2D eigenvalue weighted by Gasteiger charge is -2.17. The highest BCUT2D eigenvalue weighted by Gasteiger charge is 2.08. The van der Waals surface area contributed by atoms with Crippen LogP contribution in [0.25, 0.3) is 0 Å². The van der Waals surface area contributed by atoms with Gasteiger partial charge in [-0.15, -0.1) is 0 Å². The Bertz CT molecular complexity index is 370. The Balaban J connectivity index is 1.99. The average Bonchev–Trinajstić information content (AvgIpc) is 2.65. The number of nitrogens with zero attached hydrogens (tertiary/aromatic N) is 2. The molecule has 0 saturated carbocycles. The zero-order chi connectivity index (χ0) is 10.7. The van der Waals surface area contributed by atoms with E-state index in [0.29, 0.717) is 0 Å². The van der Waals surface area contributed by atoms with E-state index >= 15 is 0 Å². The van der Waals surface area contributed by atoms with Gasteiger partial charge in [-0.3, -0.25) is 4.79 Å². The lowest BCUT2D eigenvalue weighted by molar-refractivity contribution is 0.112. The smallest absolute Gasteiger partial charge is 0.150 e. The third kappa shape index (κ3) is 2.37. The van der Waals surface area contributed by atoms with Crippen LogP contribution in [-0.2, 0) is 6.54 Å². The monoisotopic (exact) mass is 202 g/mol. The first kappa shape index (κ1) is 9.77. The molecule has 1 aromatic rings. The van der Waals surface area contributed by atoms with Crippen molar-refractivity contribution in [3.8, 4) is 0 Å². The number of rotatable bonds is 3. The Labute approximate surface area is 89.6 Å². The van der Waals surface area contributed by atoms with Crippen LogP contribution in [-0.4, -0.2) is 29.8 Å². The van der Waals surface area contributed by atoms with E-state index in [2.05, 4.69) is 22.2 Å². The van der Waals surface area contributed by atoms with Crippen LogP contribution in [0.4, 0.5) is 0 Å². The maximum absolute atomic E-state index is 10.5. The van der Waals surface area contributed by atoms with Gasteiger partial charge in [-0.25, -0.2) is 0 Å². The Morgan fingerprint density at radius 2 is 2.00 bits per heavy atom. The molecule has 1 aliphatic rings. The van der Waals surface area contributed by atoms with E-state index < -0.39 is 0 Å². The maximum atomic E-state index is 10.5. The summed E-state index contributed by atoms with van der Waals surface area (Å²) in [6, 6.07) is 7.70. The molecule has 1 aromatic carbocycles. The highest BCUT2D eigenvalue weighted by atomic mass is 16.1. The molecule has 0 saturated heterocycles. The van der Waals surface area contributed by atoms with E-state index in [-0.39, 0.29) is 0 Å². The Morgan fingerprint density at radius 1 is 1.27 bits per heavy atom. The summed E-state index contributed by atoms with van der Waals surface area (Å²) in [6.07, 6.45) is 5.00. The molecule has 0 spiro atoms. The molecule has 1 heterocycles. The summed E-state index contributed by atoms with van der Waals surface area (Å²) in [5.74, 6) is 0. The van der Waals surface area contributed by atoms with Crippen molar-refractivity contribution in [2.75, 3.05) is 13.7 Å². The molecule has 0 aliphatic carbocycles. The summed E-state index contributed by atoms with van der Waals surface area (Å²) < 4.78 is 0. The molecule has 3 heteroatoms. The van der Waals surface area contributed by atoms with Crippen LogP contribution >= 0.6 is 0 Å². The number of carbonyl (C=O) groups excluding carboxylic acids is 1. The molecular weight excluding hydrogens is 188 g/mol. The minimum absolute atomic E-state index is 0.729. The lowest BCUT2D eigenvalue weighted by atomic mass is 10.1. The average molecular weight is 202 g/mol. The minimum Gasteiger partial charge on any atom is -0.362 e. The van der Waals surface area contributed by atoms with Crippen molar-refractivity contribution in [2.24, 2.45) is 0 Å². The Hall–Kier alpha value is -1.77. The molecule has 2 rings (SSSR count). The fourth-order valence-electron chi connectivity index (χ4n) is 1.63. The first-order valence-electron chi connectivity index (χ1n) is 4.94. The Morgan fingerprint density at radius 3 is 2.53 bits per heavy atom. The SMILES string of the molecule is CN1C=CN(Cc2ccc(C=O)cc2)C1. The lowest BCUT2D eigenvalue weighted by Crippen LogP contribution is -2.21. The van der Waals surface area contributed by atoms with Crippen LogP contribution in [0.3, 0.4) is 0 Å². The van der Waals surface area contributed by atoms with Gasteiger partial charge in [0.2, 0.25) is 0 Å². The van der Waals surface area contributed by atoms with E-state index in [0.717, 1.165) is 25.1 Å². The second-order valence-corrected chi connectivity index (χ2v) is 3.80. The van der Waals surface area contributed by atoms with E-state index in [1.165, 1.54) is 5.56 Å². The summed E-state index contributed by atoms with van der Waals surface area (Å²) in [4.78, 5) is 14.8. The van der Waals surface area contributed by atoms with Crippen molar-refractivity contribution in [1.29, 1.82) is 0 Å². The number of carbonyl (C=O) groups is 1. The molecule has 0 N–H and O–H groups in total. The van der Waals surface area contributed by atoms with Gasteiger partial charge in [-0.2, -0.15) is 0 Å². The normalized spacial score (nSPS) is 14.7. The van der Waals surface area contributed by atoms with Crippen LogP contribution in [0.1, 0.15) is 15.9 Å². The molecule has 0 fully saturated rings. The second-order valence-electron chi connectivity index (χ2n) is 3.80. The number of benzene rings is 1. The molecule has 0 amide bonds. The summed E-state index contributed by atoms with van der Waals surface area (Å²) in [5.41, 5.74) is 1.95. The molecule has 15 heavy (non-hydrogen) atoms. The summed E-state index contributed by atoms with van der Waals surface area (Å²) in [6.45, 7) is 1.81. The predicted molar refractivity (Wildman–Crippen MR) is 59.1 cm³/mol. The highest BCUT2D eigenvalue weighted by molar-refractivity contribution is 5.74. The minimum atomic E-state index is 0.729. The van der Waals surface area contributed by atoms with Gasteiger partial charge in [0, 0.05) is 31.6 Å². The molecule has 0 atom stereocenters. The summed E-state index contributed by atoms with van der Waals surface area (Å²) >= 11 is 0. The number of aldehydes is 1. The molecule has 0 bridgehead atoms. The van der Waals surface area contributed by atoms with Crippen molar-refractivity contribution in [1.82, 2.24) is 9.80 Å². The topological polar surface area (TPSA) is 23.6 Å². The molecule has 3 nitrogen and oxygen atoms in total. The third-order valence-corrected chi connectivity index (χ3v) is 2.44. The third-order valence-electron chi connectivity index (χ3n) is 2.44. The van der Waals surface area contributed by atoms with E-state index in [9.17, 15) is 4.79 Å². The van der Waals surface area contributed by atoms with Crippen molar-refractivity contribution in [3.05, 3.63) is 47.8 Å². The fourth-order valence-corrected chi connectivity index (χ4v) is 1.63. The van der Waals surface area contributed by atoms with Gasteiger partial charge in [0.1, 0.15) is 6.29 Å². The second kappa shape index (κ2) is 4.17. The van der Waals surface area contributed by atoms with Crippen molar-refractivity contribution < 1.29 is 4.79 Å². The summed E-state index contributed by atoms with van der Waals surface area (Å²) in [7, 11) is 2.05. The van der Waals surface area contributed by atoms with Crippen LogP contribution in [0, 0.1) is 0 Å². The van der Waals surface area contributed by atoms with Crippen LogP contribution in [0.2, 0.25) is 0 Å². The molecular formula is C12H14N2O. The molecule has 1 aliphatic heterocycles. The molecule has 0 unspecified atom stereocenters. The first-order chi connectivity index (χ1) is 7.28. The van der Waals surface area contributed by atoms with Gasteiger partial charge < -0.3 is 9.80 Å². The van der Waals surface area contributed by atoms with E-state index in [1.54, 1.807) is 0 Å². The van der Waals surface area contributed by atoms with Gasteiger partial charge in [-0.1, -0.05) is 24.3 Å². The molecule has 0 aromatic heterocycles. The fraction of sp³-hybridized carbons (Fsp3) is 0.250. The molecule has 78 valence electrons. The molecule has 0 radical (unpaired) electrons. The zero-order valence-electron chi connectivity index (χ0n) is 8.76. The van der Waals surface area contributed by atoms with Crippen molar-refractivity contribution in [3.63, 3.8) is 0 Å². The first-order valence-corrected chi connectivity index (χ1v) is 4.94. The highest BCUT2D eigenvalue weighted by Crippen LogP contribution is 2.10. The van der Waals surface area contributed by atoms with Gasteiger partial charge in [0.25, 0.3) is 0 Å². The van der Waals surface area contributed by atoms with E-state index in [1.807, 2.05) is 31.3 Å².